The van der Waals surface area contributed by atoms with Gasteiger partial charge in [-0.25, -0.2) is 0 Å². The molecule has 1 atom stereocenters. The van der Waals surface area contributed by atoms with E-state index < -0.39 is 4.92 Å². The molecule has 0 radical (unpaired) electrons. The molecule has 1 amide bonds. The molecule has 1 heterocycles. The number of rotatable bonds is 8. The third kappa shape index (κ3) is 6.23. The summed E-state index contributed by atoms with van der Waals surface area (Å²) < 4.78 is 0. The average Bonchev–Trinajstić information content (AvgIpc) is 2.75. The number of hydrogen-bond acceptors (Lipinski definition) is 5. The summed E-state index contributed by atoms with van der Waals surface area (Å²) in [5.74, 6) is 1.80. The molecule has 6 nitrogen and oxygen atoms in total. The number of carbonyl (C=O) groups excluding carboxylic acids is 1. The molecule has 160 valence electrons. The van der Waals surface area contributed by atoms with Gasteiger partial charge in [0.25, 0.3) is 5.69 Å². The van der Waals surface area contributed by atoms with Crippen LogP contribution in [0.4, 0.5) is 11.4 Å². The van der Waals surface area contributed by atoms with E-state index in [0.717, 1.165) is 30.1 Å². The summed E-state index contributed by atoms with van der Waals surface area (Å²) in [5.41, 5.74) is 3.39. The van der Waals surface area contributed by atoms with E-state index in [-0.39, 0.29) is 17.6 Å². The molecular formula is C23H29N3O3S. The number of anilines is 1. The standard InChI is InChI=1S/C23H29N3O3S/c1-17-11-13-25(14-12-17)21-9-5-20(6-10-21)18(2)24-23(27)16-30-15-19-3-7-22(8-4-19)26(28)29/h3-10,17-18H,11-16H2,1-2H3,(H,24,27)/t18-/m0/s1. The molecular weight excluding hydrogens is 398 g/mol. The summed E-state index contributed by atoms with van der Waals surface area (Å²) in [7, 11) is 0. The zero-order valence-corrected chi connectivity index (χ0v) is 18.4. The maximum Gasteiger partial charge on any atom is 0.269 e. The Morgan fingerprint density at radius 3 is 2.40 bits per heavy atom. The molecule has 1 N–H and O–H groups in total. The van der Waals surface area contributed by atoms with Gasteiger partial charge in [0, 0.05) is 36.7 Å². The minimum atomic E-state index is -0.411. The lowest BCUT2D eigenvalue weighted by Gasteiger charge is -2.32. The Bertz CT molecular complexity index is 847. The summed E-state index contributed by atoms with van der Waals surface area (Å²) in [5, 5.41) is 13.7. The van der Waals surface area contributed by atoms with Crippen molar-refractivity contribution in [2.24, 2.45) is 5.92 Å². The second kappa shape index (κ2) is 10.5. The van der Waals surface area contributed by atoms with Crippen LogP contribution in [0.25, 0.3) is 0 Å². The Labute approximate surface area is 182 Å². The molecule has 0 saturated carbocycles. The van der Waals surface area contributed by atoms with Crippen molar-refractivity contribution >= 4 is 29.0 Å². The Kier molecular flexibility index (Phi) is 7.74. The minimum absolute atomic E-state index is 0.0106. The van der Waals surface area contributed by atoms with Gasteiger partial charge in [-0.05, 0) is 48.9 Å². The molecule has 1 fully saturated rings. The van der Waals surface area contributed by atoms with E-state index in [1.807, 2.05) is 6.92 Å². The minimum Gasteiger partial charge on any atom is -0.372 e. The number of nitro groups is 1. The van der Waals surface area contributed by atoms with Gasteiger partial charge in [-0.15, -0.1) is 11.8 Å². The number of benzene rings is 2. The first-order valence-electron chi connectivity index (χ1n) is 10.4. The van der Waals surface area contributed by atoms with Crippen molar-refractivity contribution in [1.29, 1.82) is 0 Å². The lowest BCUT2D eigenvalue weighted by atomic mass is 9.98. The van der Waals surface area contributed by atoms with Crippen LogP contribution in [0.2, 0.25) is 0 Å². The van der Waals surface area contributed by atoms with Crippen molar-refractivity contribution in [2.45, 2.75) is 38.5 Å². The van der Waals surface area contributed by atoms with Gasteiger partial charge < -0.3 is 10.2 Å². The summed E-state index contributed by atoms with van der Waals surface area (Å²) in [6.45, 7) is 6.53. The van der Waals surface area contributed by atoms with E-state index in [4.69, 9.17) is 0 Å². The van der Waals surface area contributed by atoms with Gasteiger partial charge in [-0.2, -0.15) is 0 Å². The molecule has 1 aliphatic heterocycles. The van der Waals surface area contributed by atoms with Gasteiger partial charge in [0.15, 0.2) is 0 Å². The lowest BCUT2D eigenvalue weighted by molar-refractivity contribution is -0.384. The van der Waals surface area contributed by atoms with Crippen LogP contribution in [-0.4, -0.2) is 29.7 Å². The van der Waals surface area contributed by atoms with Crippen LogP contribution in [-0.2, 0) is 10.5 Å². The van der Waals surface area contributed by atoms with Gasteiger partial charge >= 0.3 is 0 Å². The van der Waals surface area contributed by atoms with Crippen LogP contribution in [0.15, 0.2) is 48.5 Å². The lowest BCUT2D eigenvalue weighted by Crippen LogP contribution is -2.32. The van der Waals surface area contributed by atoms with Gasteiger partial charge in [0.05, 0.1) is 16.7 Å². The van der Waals surface area contributed by atoms with Crippen molar-refractivity contribution in [1.82, 2.24) is 5.32 Å². The number of amides is 1. The zero-order chi connectivity index (χ0) is 21.5. The quantitative estimate of drug-likeness (QED) is 0.477. The van der Waals surface area contributed by atoms with Crippen molar-refractivity contribution in [3.05, 3.63) is 69.8 Å². The smallest absolute Gasteiger partial charge is 0.269 e. The summed E-state index contributed by atoms with van der Waals surface area (Å²) in [4.78, 5) is 25.0. The summed E-state index contributed by atoms with van der Waals surface area (Å²) in [6.07, 6.45) is 2.48. The SMILES string of the molecule is CC1CCN(c2ccc([C@H](C)NC(=O)CSCc3ccc([N+](=O)[O-])cc3)cc2)CC1. The van der Waals surface area contributed by atoms with Crippen LogP contribution < -0.4 is 10.2 Å². The van der Waals surface area contributed by atoms with Crippen LogP contribution in [0.1, 0.15) is 43.9 Å². The van der Waals surface area contributed by atoms with Crippen LogP contribution >= 0.6 is 11.8 Å². The average molecular weight is 428 g/mol. The van der Waals surface area contributed by atoms with Crippen LogP contribution in [0.3, 0.4) is 0 Å². The monoisotopic (exact) mass is 427 g/mol. The van der Waals surface area contributed by atoms with E-state index >= 15 is 0 Å². The van der Waals surface area contributed by atoms with Gasteiger partial charge in [-0.3, -0.25) is 14.9 Å². The number of carbonyl (C=O) groups is 1. The van der Waals surface area contributed by atoms with Crippen molar-refractivity contribution in [2.75, 3.05) is 23.7 Å². The maximum atomic E-state index is 12.3. The Morgan fingerprint density at radius 1 is 1.17 bits per heavy atom. The van der Waals surface area contributed by atoms with Gasteiger partial charge in [0.2, 0.25) is 5.91 Å². The molecule has 7 heteroatoms. The first kappa shape index (κ1) is 22.2. The van der Waals surface area contributed by atoms with E-state index in [0.29, 0.717) is 11.5 Å². The number of nitrogens with zero attached hydrogens (tertiary/aromatic N) is 2. The first-order valence-corrected chi connectivity index (χ1v) is 11.5. The zero-order valence-electron chi connectivity index (χ0n) is 17.5. The topological polar surface area (TPSA) is 75.5 Å². The largest absolute Gasteiger partial charge is 0.372 e. The molecule has 30 heavy (non-hydrogen) atoms. The fourth-order valence-corrected chi connectivity index (χ4v) is 4.38. The molecule has 3 rings (SSSR count). The summed E-state index contributed by atoms with van der Waals surface area (Å²) >= 11 is 1.50. The van der Waals surface area contributed by atoms with Crippen LogP contribution in [0, 0.1) is 16.0 Å². The molecule has 0 bridgehead atoms. The molecule has 2 aromatic rings. The molecule has 2 aromatic carbocycles. The highest BCUT2D eigenvalue weighted by atomic mass is 32.2. The van der Waals surface area contributed by atoms with Gasteiger partial charge in [-0.1, -0.05) is 31.2 Å². The predicted molar refractivity (Wildman–Crippen MR) is 123 cm³/mol. The Hall–Kier alpha value is -2.54. The van der Waals surface area contributed by atoms with Crippen molar-refractivity contribution in [3.63, 3.8) is 0 Å². The highest BCUT2D eigenvalue weighted by Crippen LogP contribution is 2.25. The van der Waals surface area contributed by atoms with Crippen LogP contribution in [0.5, 0.6) is 0 Å². The number of thioether (sulfide) groups is 1. The third-order valence-electron chi connectivity index (χ3n) is 5.57. The van der Waals surface area contributed by atoms with Crippen molar-refractivity contribution in [3.8, 4) is 0 Å². The first-order chi connectivity index (χ1) is 14.4. The number of hydrogen-bond donors (Lipinski definition) is 1. The van der Waals surface area contributed by atoms with Gasteiger partial charge in [0.1, 0.15) is 0 Å². The number of piperidine rings is 1. The van der Waals surface area contributed by atoms with E-state index in [9.17, 15) is 14.9 Å². The molecule has 0 aromatic heterocycles. The fraction of sp³-hybridized carbons (Fsp3) is 0.435. The highest BCUT2D eigenvalue weighted by molar-refractivity contribution is 7.99. The number of nitrogens with one attached hydrogen (secondary N) is 1. The fourth-order valence-electron chi connectivity index (χ4n) is 3.58. The van der Waals surface area contributed by atoms with Crippen molar-refractivity contribution < 1.29 is 9.72 Å². The normalized spacial score (nSPS) is 15.6. The molecule has 1 saturated heterocycles. The summed E-state index contributed by atoms with van der Waals surface area (Å²) in [6, 6.07) is 14.9. The Morgan fingerprint density at radius 2 is 1.80 bits per heavy atom. The number of nitro benzene ring substituents is 1. The highest BCUT2D eigenvalue weighted by Gasteiger charge is 2.16. The number of non-ortho nitro benzene ring substituents is 1. The van der Waals surface area contributed by atoms with E-state index in [1.165, 1.54) is 42.4 Å². The van der Waals surface area contributed by atoms with E-state index in [2.05, 4.69) is 41.4 Å². The maximum absolute atomic E-state index is 12.3. The molecule has 0 spiro atoms. The Balaban J connectivity index is 1.43. The molecule has 0 aliphatic carbocycles. The van der Waals surface area contributed by atoms with E-state index in [1.54, 1.807) is 12.1 Å². The molecule has 1 aliphatic rings. The predicted octanol–water partition coefficient (Wildman–Crippen LogP) is 4.94. The second-order valence-corrected chi connectivity index (χ2v) is 8.95. The third-order valence-corrected chi connectivity index (χ3v) is 6.57. The second-order valence-electron chi connectivity index (χ2n) is 7.97. The molecule has 0 unspecified atom stereocenters.